The second kappa shape index (κ2) is 7.01. The predicted molar refractivity (Wildman–Crippen MR) is 69.6 cm³/mol. The summed E-state index contributed by atoms with van der Waals surface area (Å²) >= 11 is 5.74. The van der Waals surface area contributed by atoms with Crippen LogP contribution in [0.4, 0.5) is 0 Å². The minimum Gasteiger partial charge on any atom is -0.481 e. The van der Waals surface area contributed by atoms with Crippen molar-refractivity contribution in [3.63, 3.8) is 0 Å². The van der Waals surface area contributed by atoms with E-state index in [4.69, 9.17) is 16.7 Å². The SMILES string of the molecule is CC(CNC(=O)Cc1ccc(Cl)cc1)CC(=O)O. The zero-order chi connectivity index (χ0) is 13.5. The first-order chi connectivity index (χ1) is 8.47. The highest BCUT2D eigenvalue weighted by Gasteiger charge is 2.09. The Balaban J connectivity index is 2.33. The van der Waals surface area contributed by atoms with Gasteiger partial charge < -0.3 is 10.4 Å². The number of benzene rings is 1. The number of hydrogen-bond donors (Lipinski definition) is 2. The lowest BCUT2D eigenvalue weighted by molar-refractivity contribution is -0.138. The van der Waals surface area contributed by atoms with Crippen LogP contribution in [0.3, 0.4) is 0 Å². The Hall–Kier alpha value is -1.55. The van der Waals surface area contributed by atoms with Gasteiger partial charge in [0.15, 0.2) is 0 Å². The first-order valence-electron chi connectivity index (χ1n) is 5.70. The molecule has 18 heavy (non-hydrogen) atoms. The van der Waals surface area contributed by atoms with Crippen molar-refractivity contribution in [1.29, 1.82) is 0 Å². The Morgan fingerprint density at radius 1 is 1.33 bits per heavy atom. The molecular weight excluding hydrogens is 254 g/mol. The molecule has 0 aliphatic rings. The van der Waals surface area contributed by atoms with Crippen molar-refractivity contribution in [3.8, 4) is 0 Å². The largest absolute Gasteiger partial charge is 0.481 e. The molecule has 1 rings (SSSR count). The average Bonchev–Trinajstić information content (AvgIpc) is 2.29. The molecule has 0 radical (unpaired) electrons. The summed E-state index contributed by atoms with van der Waals surface area (Å²) in [5.41, 5.74) is 0.878. The van der Waals surface area contributed by atoms with Gasteiger partial charge in [-0.3, -0.25) is 9.59 Å². The molecule has 98 valence electrons. The Bertz CT molecular complexity index is 417. The van der Waals surface area contributed by atoms with Gasteiger partial charge in [-0.25, -0.2) is 0 Å². The third kappa shape index (κ3) is 5.68. The molecule has 0 aromatic heterocycles. The van der Waals surface area contributed by atoms with Gasteiger partial charge in [0.05, 0.1) is 6.42 Å². The lowest BCUT2D eigenvalue weighted by Crippen LogP contribution is -2.30. The van der Waals surface area contributed by atoms with Crippen LogP contribution in [-0.2, 0) is 16.0 Å². The van der Waals surface area contributed by atoms with Crippen molar-refractivity contribution in [2.24, 2.45) is 5.92 Å². The van der Waals surface area contributed by atoms with E-state index in [1.165, 1.54) is 0 Å². The fourth-order valence-corrected chi connectivity index (χ4v) is 1.63. The summed E-state index contributed by atoms with van der Waals surface area (Å²) in [5.74, 6) is -1.04. The summed E-state index contributed by atoms with van der Waals surface area (Å²) in [5, 5.41) is 11.9. The van der Waals surface area contributed by atoms with Crippen molar-refractivity contribution >= 4 is 23.5 Å². The molecule has 1 unspecified atom stereocenters. The quantitative estimate of drug-likeness (QED) is 0.831. The number of carboxylic acid groups (broad SMARTS) is 1. The Morgan fingerprint density at radius 3 is 2.50 bits per heavy atom. The van der Waals surface area contributed by atoms with E-state index in [2.05, 4.69) is 5.32 Å². The number of hydrogen-bond acceptors (Lipinski definition) is 2. The van der Waals surface area contributed by atoms with Crippen molar-refractivity contribution in [1.82, 2.24) is 5.32 Å². The Kier molecular flexibility index (Phi) is 5.65. The third-order valence-corrected chi connectivity index (χ3v) is 2.70. The summed E-state index contributed by atoms with van der Waals surface area (Å²) in [6.07, 6.45) is 0.332. The fourth-order valence-electron chi connectivity index (χ4n) is 1.51. The summed E-state index contributed by atoms with van der Waals surface area (Å²) < 4.78 is 0. The molecule has 5 heteroatoms. The van der Waals surface area contributed by atoms with E-state index in [1.807, 2.05) is 0 Å². The first kappa shape index (κ1) is 14.5. The van der Waals surface area contributed by atoms with Crippen molar-refractivity contribution in [2.75, 3.05) is 6.54 Å². The van der Waals surface area contributed by atoms with Gasteiger partial charge >= 0.3 is 5.97 Å². The molecule has 0 saturated heterocycles. The van der Waals surface area contributed by atoms with E-state index in [0.717, 1.165) is 5.56 Å². The van der Waals surface area contributed by atoms with Crippen molar-refractivity contribution in [3.05, 3.63) is 34.9 Å². The van der Waals surface area contributed by atoms with Crippen LogP contribution in [0, 0.1) is 5.92 Å². The molecule has 1 aromatic carbocycles. The molecule has 0 spiro atoms. The highest BCUT2D eigenvalue weighted by molar-refractivity contribution is 6.30. The monoisotopic (exact) mass is 269 g/mol. The number of aliphatic carboxylic acids is 1. The second-order valence-electron chi connectivity index (χ2n) is 4.31. The molecule has 2 N–H and O–H groups in total. The van der Waals surface area contributed by atoms with Gasteiger partial charge in [-0.05, 0) is 23.6 Å². The van der Waals surface area contributed by atoms with Gasteiger partial charge in [-0.15, -0.1) is 0 Å². The third-order valence-electron chi connectivity index (χ3n) is 2.45. The zero-order valence-corrected chi connectivity index (χ0v) is 10.9. The fraction of sp³-hybridized carbons (Fsp3) is 0.385. The number of carbonyl (C=O) groups is 2. The summed E-state index contributed by atoms with van der Waals surface area (Å²) in [6, 6.07) is 7.06. The molecule has 0 aliphatic carbocycles. The minimum absolute atomic E-state index is 0.0568. The van der Waals surface area contributed by atoms with Gasteiger partial charge in [0, 0.05) is 18.0 Å². The summed E-state index contributed by atoms with van der Waals surface area (Å²) in [4.78, 5) is 22.0. The van der Waals surface area contributed by atoms with Crippen LogP contribution >= 0.6 is 11.6 Å². The predicted octanol–water partition coefficient (Wildman–Crippen LogP) is 2.11. The van der Waals surface area contributed by atoms with Gasteiger partial charge in [0.25, 0.3) is 0 Å². The topological polar surface area (TPSA) is 66.4 Å². The minimum atomic E-state index is -0.852. The first-order valence-corrected chi connectivity index (χ1v) is 6.08. The van der Waals surface area contributed by atoms with E-state index in [0.29, 0.717) is 11.6 Å². The van der Waals surface area contributed by atoms with Crippen LogP contribution in [-0.4, -0.2) is 23.5 Å². The standard InChI is InChI=1S/C13H16ClNO3/c1-9(6-13(17)18)8-15-12(16)7-10-2-4-11(14)5-3-10/h2-5,9H,6-8H2,1H3,(H,15,16)(H,17,18). The molecule has 1 amide bonds. The molecule has 0 heterocycles. The van der Waals surface area contributed by atoms with Crippen LogP contribution in [0.25, 0.3) is 0 Å². The van der Waals surface area contributed by atoms with Gasteiger partial charge in [-0.2, -0.15) is 0 Å². The maximum Gasteiger partial charge on any atom is 0.303 e. The number of nitrogens with one attached hydrogen (secondary N) is 1. The summed E-state index contributed by atoms with van der Waals surface area (Å²) in [6.45, 7) is 2.16. The van der Waals surface area contributed by atoms with Crippen molar-refractivity contribution in [2.45, 2.75) is 19.8 Å². The number of rotatable bonds is 6. The average molecular weight is 270 g/mol. The van der Waals surface area contributed by atoms with E-state index >= 15 is 0 Å². The van der Waals surface area contributed by atoms with E-state index in [9.17, 15) is 9.59 Å². The highest BCUT2D eigenvalue weighted by Crippen LogP contribution is 2.09. The number of carbonyl (C=O) groups excluding carboxylic acids is 1. The van der Waals surface area contributed by atoms with Crippen LogP contribution in [0.5, 0.6) is 0 Å². The number of amides is 1. The molecule has 0 aliphatic heterocycles. The van der Waals surface area contributed by atoms with Gasteiger partial charge in [-0.1, -0.05) is 30.7 Å². The number of carboxylic acids is 1. The number of halogens is 1. The second-order valence-corrected chi connectivity index (χ2v) is 4.75. The van der Waals surface area contributed by atoms with Crippen LogP contribution in [0.15, 0.2) is 24.3 Å². The summed E-state index contributed by atoms with van der Waals surface area (Å²) in [7, 11) is 0. The van der Waals surface area contributed by atoms with E-state index < -0.39 is 5.97 Å². The van der Waals surface area contributed by atoms with E-state index in [1.54, 1.807) is 31.2 Å². The van der Waals surface area contributed by atoms with E-state index in [-0.39, 0.29) is 24.7 Å². The lowest BCUT2D eigenvalue weighted by atomic mass is 10.1. The maximum atomic E-state index is 11.6. The molecule has 0 saturated carbocycles. The molecule has 0 fully saturated rings. The van der Waals surface area contributed by atoms with Crippen LogP contribution in [0.2, 0.25) is 5.02 Å². The molecule has 1 aromatic rings. The molecular formula is C13H16ClNO3. The lowest BCUT2D eigenvalue weighted by Gasteiger charge is -2.10. The van der Waals surface area contributed by atoms with Gasteiger partial charge in [0.1, 0.15) is 0 Å². The Morgan fingerprint density at radius 2 is 1.94 bits per heavy atom. The van der Waals surface area contributed by atoms with Gasteiger partial charge in [0.2, 0.25) is 5.91 Å². The van der Waals surface area contributed by atoms with Crippen molar-refractivity contribution < 1.29 is 14.7 Å². The van der Waals surface area contributed by atoms with Crippen LogP contribution < -0.4 is 5.32 Å². The normalized spacial score (nSPS) is 11.9. The molecule has 4 nitrogen and oxygen atoms in total. The zero-order valence-electron chi connectivity index (χ0n) is 10.1. The molecule has 1 atom stereocenters. The molecule has 0 bridgehead atoms. The Labute approximate surface area is 111 Å². The smallest absolute Gasteiger partial charge is 0.303 e. The maximum absolute atomic E-state index is 11.6. The van der Waals surface area contributed by atoms with Crippen LogP contribution in [0.1, 0.15) is 18.9 Å². The highest BCUT2D eigenvalue weighted by atomic mass is 35.5.